The molecule has 0 amide bonds. The van der Waals surface area contributed by atoms with Crippen LogP contribution >= 0.6 is 11.8 Å². The summed E-state index contributed by atoms with van der Waals surface area (Å²) in [5, 5.41) is 8.61. The number of alkyl halides is 1. The van der Waals surface area contributed by atoms with Crippen molar-refractivity contribution in [2.75, 3.05) is 18.1 Å². The molecule has 0 aromatic carbocycles. The highest BCUT2D eigenvalue weighted by molar-refractivity contribution is 7.99. The largest absolute Gasteiger partial charge is 0.396 e. The fourth-order valence-electron chi connectivity index (χ4n) is 0.953. The molecule has 0 spiro atoms. The van der Waals surface area contributed by atoms with Gasteiger partial charge in [-0.3, -0.25) is 0 Å². The number of aliphatic hydroxyl groups excluding tert-OH is 1. The summed E-state index contributed by atoms with van der Waals surface area (Å²) >= 11 is 1.64. The maximum absolute atomic E-state index is 12.7. The quantitative estimate of drug-likeness (QED) is 0.603. The van der Waals surface area contributed by atoms with Crippen molar-refractivity contribution >= 4 is 11.8 Å². The van der Waals surface area contributed by atoms with Gasteiger partial charge in [0.2, 0.25) is 0 Å². The molecule has 3 heteroatoms. The second-order valence-electron chi connectivity index (χ2n) is 2.32. The second kappa shape index (κ2) is 3.42. The van der Waals surface area contributed by atoms with E-state index in [1.807, 2.05) is 0 Å². The standard InChI is InChI=1S/C6H11FOS/c7-6-4-9-2-1-5(6)3-8/h5-6,8H,1-4H2. The number of hydrogen-bond acceptors (Lipinski definition) is 2. The third kappa shape index (κ3) is 1.83. The van der Waals surface area contributed by atoms with Crippen LogP contribution in [-0.4, -0.2) is 29.4 Å². The third-order valence-corrected chi connectivity index (χ3v) is 2.73. The minimum atomic E-state index is -0.770. The highest BCUT2D eigenvalue weighted by Crippen LogP contribution is 2.24. The van der Waals surface area contributed by atoms with Crippen LogP contribution < -0.4 is 0 Å². The fraction of sp³-hybridized carbons (Fsp3) is 1.00. The summed E-state index contributed by atoms with van der Waals surface area (Å²) in [7, 11) is 0. The van der Waals surface area contributed by atoms with E-state index in [1.165, 1.54) is 0 Å². The Balaban J connectivity index is 2.30. The summed E-state index contributed by atoms with van der Waals surface area (Å²) in [6.45, 7) is 0.0156. The molecule has 1 saturated heterocycles. The molecule has 9 heavy (non-hydrogen) atoms. The van der Waals surface area contributed by atoms with Crippen LogP contribution in [0.3, 0.4) is 0 Å². The summed E-state index contributed by atoms with van der Waals surface area (Å²) in [6, 6.07) is 0. The minimum absolute atomic E-state index is 0.0156. The van der Waals surface area contributed by atoms with Crippen molar-refractivity contribution in [3.8, 4) is 0 Å². The molecule has 1 fully saturated rings. The lowest BCUT2D eigenvalue weighted by Gasteiger charge is -2.22. The van der Waals surface area contributed by atoms with Gasteiger partial charge >= 0.3 is 0 Å². The SMILES string of the molecule is OCC1CCSCC1F. The van der Waals surface area contributed by atoms with E-state index in [4.69, 9.17) is 5.11 Å². The van der Waals surface area contributed by atoms with Crippen LogP contribution in [0.25, 0.3) is 0 Å². The Morgan fingerprint density at radius 2 is 2.44 bits per heavy atom. The molecule has 1 nitrogen and oxygen atoms in total. The lowest BCUT2D eigenvalue weighted by molar-refractivity contribution is 0.146. The topological polar surface area (TPSA) is 20.2 Å². The first-order valence-corrected chi connectivity index (χ1v) is 4.32. The van der Waals surface area contributed by atoms with Crippen molar-refractivity contribution in [1.82, 2.24) is 0 Å². The van der Waals surface area contributed by atoms with E-state index in [-0.39, 0.29) is 12.5 Å². The molecule has 0 saturated carbocycles. The molecular formula is C6H11FOS. The Morgan fingerprint density at radius 3 is 2.89 bits per heavy atom. The summed E-state index contributed by atoms with van der Waals surface area (Å²) in [5.74, 6) is 1.50. The molecule has 54 valence electrons. The number of rotatable bonds is 1. The van der Waals surface area contributed by atoms with Gasteiger partial charge < -0.3 is 5.11 Å². The zero-order chi connectivity index (χ0) is 6.69. The van der Waals surface area contributed by atoms with Crippen molar-refractivity contribution < 1.29 is 9.50 Å². The van der Waals surface area contributed by atoms with Gasteiger partial charge in [0.25, 0.3) is 0 Å². The predicted molar refractivity (Wildman–Crippen MR) is 37.4 cm³/mol. The molecule has 0 aliphatic carbocycles. The summed E-state index contributed by atoms with van der Waals surface area (Å²) in [4.78, 5) is 0. The number of hydrogen-bond donors (Lipinski definition) is 1. The molecule has 0 aromatic rings. The van der Waals surface area contributed by atoms with Gasteiger partial charge in [0.15, 0.2) is 0 Å². The van der Waals surface area contributed by atoms with Crippen LogP contribution in [-0.2, 0) is 0 Å². The number of halogens is 1. The van der Waals surface area contributed by atoms with Crippen molar-refractivity contribution in [2.45, 2.75) is 12.6 Å². The third-order valence-electron chi connectivity index (χ3n) is 1.66. The molecule has 1 aliphatic rings. The zero-order valence-electron chi connectivity index (χ0n) is 5.22. The van der Waals surface area contributed by atoms with E-state index in [1.54, 1.807) is 11.8 Å². The smallest absolute Gasteiger partial charge is 0.114 e. The summed E-state index contributed by atoms with van der Waals surface area (Å²) < 4.78 is 12.7. The molecule has 2 atom stereocenters. The van der Waals surface area contributed by atoms with E-state index in [0.29, 0.717) is 5.75 Å². The van der Waals surface area contributed by atoms with Gasteiger partial charge in [0.05, 0.1) is 0 Å². The van der Waals surface area contributed by atoms with Crippen molar-refractivity contribution in [2.24, 2.45) is 5.92 Å². The van der Waals surface area contributed by atoms with Gasteiger partial charge in [-0.05, 0) is 12.2 Å². The van der Waals surface area contributed by atoms with Crippen LogP contribution in [0.4, 0.5) is 4.39 Å². The Bertz CT molecular complexity index is 89.1. The molecule has 1 N–H and O–H groups in total. The molecule has 1 aliphatic heterocycles. The molecule has 0 radical (unpaired) electrons. The maximum Gasteiger partial charge on any atom is 0.114 e. The highest BCUT2D eigenvalue weighted by Gasteiger charge is 2.23. The molecule has 0 bridgehead atoms. The molecule has 2 unspecified atom stereocenters. The van der Waals surface area contributed by atoms with E-state index in [9.17, 15) is 4.39 Å². The van der Waals surface area contributed by atoms with Gasteiger partial charge in [-0.2, -0.15) is 11.8 Å². The second-order valence-corrected chi connectivity index (χ2v) is 3.47. The molecular weight excluding hydrogens is 139 g/mol. The Labute approximate surface area is 58.6 Å². The minimum Gasteiger partial charge on any atom is -0.396 e. The van der Waals surface area contributed by atoms with Crippen LogP contribution in [0, 0.1) is 5.92 Å². The first-order valence-electron chi connectivity index (χ1n) is 3.17. The van der Waals surface area contributed by atoms with E-state index >= 15 is 0 Å². The van der Waals surface area contributed by atoms with Crippen LogP contribution in [0.15, 0.2) is 0 Å². The number of aliphatic hydroxyl groups is 1. The Kier molecular flexibility index (Phi) is 2.79. The van der Waals surface area contributed by atoms with Gasteiger partial charge in [-0.1, -0.05) is 0 Å². The van der Waals surface area contributed by atoms with Crippen molar-refractivity contribution in [3.63, 3.8) is 0 Å². The van der Waals surface area contributed by atoms with Crippen molar-refractivity contribution in [1.29, 1.82) is 0 Å². The van der Waals surface area contributed by atoms with Crippen molar-refractivity contribution in [3.05, 3.63) is 0 Å². The number of thioether (sulfide) groups is 1. The van der Waals surface area contributed by atoms with Gasteiger partial charge in [-0.25, -0.2) is 4.39 Å². The molecule has 1 heterocycles. The first-order chi connectivity index (χ1) is 4.34. The molecule has 0 aromatic heterocycles. The average molecular weight is 150 g/mol. The van der Waals surface area contributed by atoms with Gasteiger partial charge in [-0.15, -0.1) is 0 Å². The van der Waals surface area contributed by atoms with E-state index in [0.717, 1.165) is 12.2 Å². The van der Waals surface area contributed by atoms with E-state index in [2.05, 4.69) is 0 Å². The zero-order valence-corrected chi connectivity index (χ0v) is 6.03. The Hall–Kier alpha value is 0.240. The Morgan fingerprint density at radius 1 is 1.67 bits per heavy atom. The first kappa shape index (κ1) is 7.35. The monoisotopic (exact) mass is 150 g/mol. The predicted octanol–water partition coefficient (Wildman–Crippen LogP) is 1.07. The van der Waals surface area contributed by atoms with Gasteiger partial charge in [0.1, 0.15) is 6.17 Å². The van der Waals surface area contributed by atoms with E-state index < -0.39 is 6.17 Å². The normalized spacial score (nSPS) is 36.7. The van der Waals surface area contributed by atoms with Gasteiger partial charge in [0, 0.05) is 18.3 Å². The lowest BCUT2D eigenvalue weighted by atomic mass is 10.0. The lowest BCUT2D eigenvalue weighted by Crippen LogP contribution is -2.26. The summed E-state index contributed by atoms with van der Waals surface area (Å²) in [5.41, 5.74) is 0. The van der Waals surface area contributed by atoms with Crippen LogP contribution in [0.2, 0.25) is 0 Å². The average Bonchev–Trinajstić information content (AvgIpc) is 1.89. The summed E-state index contributed by atoms with van der Waals surface area (Å²) in [6.07, 6.45) is 0.0660. The fourth-order valence-corrected chi connectivity index (χ4v) is 2.09. The highest BCUT2D eigenvalue weighted by atomic mass is 32.2. The van der Waals surface area contributed by atoms with Crippen LogP contribution in [0.1, 0.15) is 6.42 Å². The molecule has 1 rings (SSSR count). The maximum atomic E-state index is 12.7. The van der Waals surface area contributed by atoms with Crippen LogP contribution in [0.5, 0.6) is 0 Å².